The molecule has 0 aliphatic carbocycles. The summed E-state index contributed by atoms with van der Waals surface area (Å²) < 4.78 is 29.8. The van der Waals surface area contributed by atoms with Crippen LogP contribution in [0.4, 0.5) is 5.69 Å². The largest absolute Gasteiger partial charge is 0.468 e. The molecule has 1 heterocycles. The van der Waals surface area contributed by atoms with Gasteiger partial charge in [-0.15, -0.1) is 0 Å². The second-order valence-corrected chi connectivity index (χ2v) is 7.27. The normalized spacial score (nSPS) is 11.5. The third-order valence-electron chi connectivity index (χ3n) is 3.28. The molecular weight excluding hydrogens is 332 g/mol. The Bertz CT molecular complexity index is 811. The molecule has 0 aliphatic heterocycles. The van der Waals surface area contributed by atoms with E-state index >= 15 is 0 Å². The molecule has 1 amide bonds. The maximum Gasteiger partial charge on any atom is 0.239 e. The molecule has 0 saturated heterocycles. The van der Waals surface area contributed by atoms with Gasteiger partial charge in [0.05, 0.1) is 25.6 Å². The van der Waals surface area contributed by atoms with E-state index in [1.165, 1.54) is 13.2 Å². The van der Waals surface area contributed by atoms with Crippen LogP contribution in [0.3, 0.4) is 0 Å². The van der Waals surface area contributed by atoms with Crippen LogP contribution in [-0.2, 0) is 21.4 Å². The van der Waals surface area contributed by atoms with Crippen molar-refractivity contribution in [2.45, 2.75) is 13.5 Å². The Morgan fingerprint density at radius 1 is 1.17 bits per heavy atom. The van der Waals surface area contributed by atoms with Crippen LogP contribution >= 0.6 is 0 Å². The van der Waals surface area contributed by atoms with Crippen molar-refractivity contribution in [2.24, 2.45) is 0 Å². The van der Waals surface area contributed by atoms with Crippen LogP contribution in [0.5, 0.6) is 0 Å². The van der Waals surface area contributed by atoms with Crippen LogP contribution in [-0.4, -0.2) is 37.2 Å². The van der Waals surface area contributed by atoms with Gasteiger partial charge in [-0.3, -0.25) is 9.59 Å². The molecule has 1 aromatic heterocycles. The second kappa shape index (κ2) is 7.41. The van der Waals surface area contributed by atoms with Gasteiger partial charge in [0.15, 0.2) is 5.78 Å². The Morgan fingerprint density at radius 2 is 1.83 bits per heavy atom. The van der Waals surface area contributed by atoms with Gasteiger partial charge in [-0.1, -0.05) is 0 Å². The van der Waals surface area contributed by atoms with E-state index in [1.54, 1.807) is 36.4 Å². The van der Waals surface area contributed by atoms with Gasteiger partial charge in [0, 0.05) is 11.3 Å². The lowest BCUT2D eigenvalue weighted by Crippen LogP contribution is -2.36. The minimum absolute atomic E-state index is 0.0253. The van der Waals surface area contributed by atoms with Crippen molar-refractivity contribution in [3.05, 3.63) is 54.0 Å². The van der Waals surface area contributed by atoms with Crippen molar-refractivity contribution in [3.63, 3.8) is 0 Å². The number of carbonyl (C=O) groups excluding carboxylic acids is 2. The van der Waals surface area contributed by atoms with Crippen LogP contribution in [0, 0.1) is 0 Å². The standard InChI is InChI=1S/C16H18N2O5S/c1-12(19)13-5-7-14(8-6-13)17-16(20)11-18(24(2,21)22)10-15-4-3-9-23-15/h3-9H,10-11H2,1-2H3,(H,17,20). The molecule has 24 heavy (non-hydrogen) atoms. The lowest BCUT2D eigenvalue weighted by molar-refractivity contribution is -0.116. The molecule has 2 aromatic rings. The van der Waals surface area contributed by atoms with Crippen LogP contribution in [0.1, 0.15) is 23.0 Å². The highest BCUT2D eigenvalue weighted by Crippen LogP contribution is 2.12. The van der Waals surface area contributed by atoms with E-state index in [0.717, 1.165) is 10.6 Å². The summed E-state index contributed by atoms with van der Waals surface area (Å²) >= 11 is 0. The topological polar surface area (TPSA) is 96.7 Å². The fourth-order valence-corrected chi connectivity index (χ4v) is 2.73. The average molecular weight is 350 g/mol. The number of amides is 1. The maximum absolute atomic E-state index is 12.1. The number of ketones is 1. The smallest absolute Gasteiger partial charge is 0.239 e. The van der Waals surface area contributed by atoms with Gasteiger partial charge >= 0.3 is 0 Å². The first kappa shape index (κ1) is 17.9. The summed E-state index contributed by atoms with van der Waals surface area (Å²) in [5, 5.41) is 2.60. The molecule has 128 valence electrons. The number of nitrogens with one attached hydrogen (secondary N) is 1. The monoisotopic (exact) mass is 350 g/mol. The van der Waals surface area contributed by atoms with Crippen molar-refractivity contribution in [1.82, 2.24) is 4.31 Å². The predicted octanol–water partition coefficient (Wildman–Crippen LogP) is 1.88. The second-order valence-electron chi connectivity index (χ2n) is 5.29. The molecule has 1 N–H and O–H groups in total. The summed E-state index contributed by atoms with van der Waals surface area (Å²) in [5.41, 5.74) is 1.01. The van der Waals surface area contributed by atoms with Gasteiger partial charge < -0.3 is 9.73 Å². The third-order valence-corrected chi connectivity index (χ3v) is 4.47. The van der Waals surface area contributed by atoms with E-state index in [4.69, 9.17) is 4.42 Å². The van der Waals surface area contributed by atoms with Gasteiger partial charge in [0.2, 0.25) is 15.9 Å². The summed E-state index contributed by atoms with van der Waals surface area (Å²) in [4.78, 5) is 23.3. The Kier molecular flexibility index (Phi) is 5.53. The van der Waals surface area contributed by atoms with E-state index in [2.05, 4.69) is 5.32 Å². The average Bonchev–Trinajstić information content (AvgIpc) is 2.99. The number of sulfonamides is 1. The van der Waals surface area contributed by atoms with Crippen molar-refractivity contribution in [1.29, 1.82) is 0 Å². The quantitative estimate of drug-likeness (QED) is 0.769. The van der Waals surface area contributed by atoms with Crippen molar-refractivity contribution < 1.29 is 22.4 Å². The summed E-state index contributed by atoms with van der Waals surface area (Å²) in [5.74, 6) is -0.115. The number of benzene rings is 1. The first-order valence-electron chi connectivity index (χ1n) is 7.14. The van der Waals surface area contributed by atoms with Crippen molar-refractivity contribution in [2.75, 3.05) is 18.1 Å². The molecule has 2 rings (SSSR count). The van der Waals surface area contributed by atoms with Gasteiger partial charge in [-0.25, -0.2) is 8.42 Å². The zero-order valence-electron chi connectivity index (χ0n) is 13.4. The molecule has 0 aliphatic rings. The van der Waals surface area contributed by atoms with E-state index in [1.807, 2.05) is 0 Å². The van der Waals surface area contributed by atoms with Gasteiger partial charge in [-0.2, -0.15) is 4.31 Å². The molecule has 0 spiro atoms. The molecule has 0 bridgehead atoms. The zero-order chi connectivity index (χ0) is 17.7. The Hall–Kier alpha value is -2.45. The number of nitrogens with zero attached hydrogens (tertiary/aromatic N) is 1. The van der Waals surface area contributed by atoms with E-state index < -0.39 is 15.9 Å². The van der Waals surface area contributed by atoms with Gasteiger partial charge in [0.1, 0.15) is 5.76 Å². The first-order chi connectivity index (χ1) is 11.3. The number of Topliss-reactive ketones (excluding diaryl/α,β-unsaturated/α-hetero) is 1. The lowest BCUT2D eigenvalue weighted by atomic mass is 10.1. The van der Waals surface area contributed by atoms with Crippen LogP contribution < -0.4 is 5.32 Å². The molecule has 0 saturated carbocycles. The van der Waals surface area contributed by atoms with Gasteiger partial charge in [-0.05, 0) is 43.3 Å². The molecule has 0 radical (unpaired) electrons. The fourth-order valence-electron chi connectivity index (χ4n) is 2.02. The lowest BCUT2D eigenvalue weighted by Gasteiger charge is -2.18. The third kappa shape index (κ3) is 5.04. The Labute approximate surface area is 140 Å². The van der Waals surface area contributed by atoms with Gasteiger partial charge in [0.25, 0.3) is 0 Å². The van der Waals surface area contributed by atoms with Crippen LogP contribution in [0.2, 0.25) is 0 Å². The summed E-state index contributed by atoms with van der Waals surface area (Å²) in [6, 6.07) is 9.64. The number of rotatable bonds is 7. The van der Waals surface area contributed by atoms with E-state index in [0.29, 0.717) is 17.0 Å². The van der Waals surface area contributed by atoms with E-state index in [-0.39, 0.29) is 18.9 Å². The minimum Gasteiger partial charge on any atom is -0.468 e. The highest BCUT2D eigenvalue weighted by molar-refractivity contribution is 7.88. The van der Waals surface area contributed by atoms with Crippen LogP contribution in [0.15, 0.2) is 47.1 Å². The number of carbonyl (C=O) groups is 2. The SMILES string of the molecule is CC(=O)c1ccc(NC(=O)CN(Cc2ccco2)S(C)(=O)=O)cc1. The molecular formula is C16H18N2O5S. The van der Waals surface area contributed by atoms with E-state index in [9.17, 15) is 18.0 Å². The zero-order valence-corrected chi connectivity index (χ0v) is 14.2. The van der Waals surface area contributed by atoms with Crippen molar-refractivity contribution in [3.8, 4) is 0 Å². The number of hydrogen-bond acceptors (Lipinski definition) is 5. The minimum atomic E-state index is -3.58. The number of anilines is 1. The Morgan fingerprint density at radius 3 is 2.33 bits per heavy atom. The molecule has 7 nitrogen and oxygen atoms in total. The number of hydrogen-bond donors (Lipinski definition) is 1. The Balaban J connectivity index is 2.03. The van der Waals surface area contributed by atoms with Crippen LogP contribution in [0.25, 0.3) is 0 Å². The molecule has 1 aromatic carbocycles. The summed E-state index contributed by atoms with van der Waals surface area (Å²) in [6.07, 6.45) is 2.47. The summed E-state index contributed by atoms with van der Waals surface area (Å²) in [7, 11) is -3.58. The molecule has 0 atom stereocenters. The number of furan rings is 1. The fraction of sp³-hybridized carbons (Fsp3) is 0.250. The predicted molar refractivity (Wildman–Crippen MR) is 89.0 cm³/mol. The first-order valence-corrected chi connectivity index (χ1v) is 8.99. The molecule has 8 heteroatoms. The highest BCUT2D eigenvalue weighted by atomic mass is 32.2. The van der Waals surface area contributed by atoms with Crippen molar-refractivity contribution >= 4 is 27.4 Å². The summed E-state index contributed by atoms with van der Waals surface area (Å²) in [6.45, 7) is 1.09. The maximum atomic E-state index is 12.1. The highest BCUT2D eigenvalue weighted by Gasteiger charge is 2.21. The molecule has 0 unspecified atom stereocenters. The molecule has 0 fully saturated rings.